The van der Waals surface area contributed by atoms with Crippen molar-refractivity contribution in [3.05, 3.63) is 29.2 Å². The summed E-state index contributed by atoms with van der Waals surface area (Å²) in [6.45, 7) is 8.82. The topological polar surface area (TPSA) is 53.9 Å². The van der Waals surface area contributed by atoms with Crippen LogP contribution in [0.2, 0.25) is 0 Å². The molecular weight excluding hydrogens is 294 g/mol. The average Bonchev–Trinajstić information content (AvgIpc) is 2.93. The van der Waals surface area contributed by atoms with Crippen molar-refractivity contribution >= 4 is 22.3 Å². The van der Waals surface area contributed by atoms with E-state index < -0.39 is 0 Å². The van der Waals surface area contributed by atoms with Crippen LogP contribution in [0, 0.1) is 6.92 Å². The van der Waals surface area contributed by atoms with E-state index >= 15 is 0 Å². The number of anilines is 2. The predicted molar refractivity (Wildman–Crippen MR) is 90.8 cm³/mol. The van der Waals surface area contributed by atoms with Crippen LogP contribution in [0.1, 0.15) is 43.2 Å². The molecule has 1 fully saturated rings. The highest BCUT2D eigenvalue weighted by Crippen LogP contribution is 2.31. The average molecular weight is 317 g/mol. The van der Waals surface area contributed by atoms with Crippen LogP contribution in [0.4, 0.5) is 10.9 Å². The van der Waals surface area contributed by atoms with Crippen LogP contribution < -0.4 is 5.32 Å². The number of thiazole rings is 1. The van der Waals surface area contributed by atoms with Gasteiger partial charge in [0.25, 0.3) is 0 Å². The van der Waals surface area contributed by atoms with Gasteiger partial charge in [-0.15, -0.1) is 11.3 Å². The van der Waals surface area contributed by atoms with Crippen molar-refractivity contribution < 1.29 is 0 Å². The number of aromatic nitrogens is 3. The van der Waals surface area contributed by atoms with Gasteiger partial charge in [0.05, 0.1) is 5.69 Å². The summed E-state index contributed by atoms with van der Waals surface area (Å²) >= 11 is 1.64. The third-order valence-electron chi connectivity index (χ3n) is 4.14. The third-order valence-corrected chi connectivity index (χ3v) is 4.97. The van der Waals surface area contributed by atoms with Crippen LogP contribution >= 0.6 is 11.3 Å². The van der Waals surface area contributed by atoms with Gasteiger partial charge in [0, 0.05) is 42.0 Å². The number of hydrogen-bond acceptors (Lipinski definition) is 6. The van der Waals surface area contributed by atoms with Crippen molar-refractivity contribution in [2.24, 2.45) is 0 Å². The highest BCUT2D eigenvalue weighted by molar-refractivity contribution is 7.15. The van der Waals surface area contributed by atoms with E-state index in [9.17, 15) is 0 Å². The Labute approximate surface area is 135 Å². The molecule has 2 aromatic rings. The predicted octanol–water partition coefficient (Wildman–Crippen LogP) is 3.57. The second kappa shape index (κ2) is 6.71. The van der Waals surface area contributed by atoms with E-state index in [1.165, 1.54) is 24.3 Å². The number of likely N-dealkylation sites (tertiary alicyclic amines) is 1. The van der Waals surface area contributed by atoms with E-state index in [-0.39, 0.29) is 0 Å². The normalized spacial score (nSPS) is 19.5. The van der Waals surface area contributed by atoms with Crippen molar-refractivity contribution in [2.75, 3.05) is 18.4 Å². The highest BCUT2D eigenvalue weighted by atomic mass is 32.1. The Kier molecular flexibility index (Phi) is 4.69. The summed E-state index contributed by atoms with van der Waals surface area (Å²) in [6.07, 6.45) is 7.81. The SMILES string of the molecule is Cc1cnc(Nc2nccnc2C2CCCN(C(C)C)C2)s1. The summed E-state index contributed by atoms with van der Waals surface area (Å²) in [6, 6.07) is 0.581. The molecule has 0 aliphatic carbocycles. The van der Waals surface area contributed by atoms with E-state index in [1.54, 1.807) is 23.7 Å². The number of piperidine rings is 1. The molecule has 118 valence electrons. The molecule has 1 atom stereocenters. The van der Waals surface area contributed by atoms with Gasteiger partial charge in [0.15, 0.2) is 10.9 Å². The monoisotopic (exact) mass is 317 g/mol. The molecule has 1 aliphatic heterocycles. The molecule has 22 heavy (non-hydrogen) atoms. The Hall–Kier alpha value is -1.53. The standard InChI is InChI=1S/C16H23N5S/c1-11(2)21-8-4-5-13(10-21)14-15(18-7-6-17-14)20-16-19-9-12(3)22-16/h6-7,9,11,13H,4-5,8,10H2,1-3H3,(H,18,19,20). The molecule has 0 bridgehead atoms. The van der Waals surface area contributed by atoms with Gasteiger partial charge in [0.2, 0.25) is 0 Å². The van der Waals surface area contributed by atoms with E-state index in [4.69, 9.17) is 0 Å². The molecule has 3 rings (SSSR count). The molecule has 0 aromatic carbocycles. The molecule has 1 saturated heterocycles. The first-order valence-electron chi connectivity index (χ1n) is 7.88. The Morgan fingerprint density at radius 3 is 2.82 bits per heavy atom. The van der Waals surface area contributed by atoms with Crippen LogP contribution in [0.5, 0.6) is 0 Å². The highest BCUT2D eigenvalue weighted by Gasteiger charge is 2.26. The Balaban J connectivity index is 1.81. The third kappa shape index (κ3) is 3.44. The summed E-state index contributed by atoms with van der Waals surface area (Å²) in [5.41, 5.74) is 1.07. The van der Waals surface area contributed by atoms with Gasteiger partial charge >= 0.3 is 0 Å². The van der Waals surface area contributed by atoms with Gasteiger partial charge in [0.1, 0.15) is 0 Å². The van der Waals surface area contributed by atoms with E-state index in [2.05, 4.69) is 45.9 Å². The lowest BCUT2D eigenvalue weighted by molar-refractivity contribution is 0.166. The first-order chi connectivity index (χ1) is 10.6. The minimum atomic E-state index is 0.438. The van der Waals surface area contributed by atoms with Gasteiger partial charge in [-0.25, -0.2) is 9.97 Å². The molecule has 6 heteroatoms. The molecule has 0 amide bonds. The van der Waals surface area contributed by atoms with E-state index in [1.807, 2.05) is 6.20 Å². The number of rotatable bonds is 4. The van der Waals surface area contributed by atoms with Crippen LogP contribution in [0.15, 0.2) is 18.6 Å². The lowest BCUT2D eigenvalue weighted by atomic mass is 9.93. The smallest absolute Gasteiger partial charge is 0.188 e. The van der Waals surface area contributed by atoms with Crippen LogP contribution in [0.3, 0.4) is 0 Å². The van der Waals surface area contributed by atoms with Crippen molar-refractivity contribution in [3.63, 3.8) is 0 Å². The summed E-state index contributed by atoms with van der Waals surface area (Å²) in [7, 11) is 0. The van der Waals surface area contributed by atoms with Crippen LogP contribution in [-0.4, -0.2) is 39.0 Å². The molecule has 0 spiro atoms. The van der Waals surface area contributed by atoms with E-state index in [0.29, 0.717) is 12.0 Å². The lowest BCUT2D eigenvalue weighted by Crippen LogP contribution is -2.39. The Morgan fingerprint density at radius 2 is 2.09 bits per heavy atom. The van der Waals surface area contributed by atoms with Gasteiger partial charge in [-0.05, 0) is 40.2 Å². The van der Waals surface area contributed by atoms with Gasteiger partial charge in [-0.1, -0.05) is 0 Å². The largest absolute Gasteiger partial charge is 0.315 e. The first-order valence-corrected chi connectivity index (χ1v) is 8.69. The van der Waals surface area contributed by atoms with Crippen LogP contribution in [0.25, 0.3) is 0 Å². The van der Waals surface area contributed by atoms with Crippen molar-refractivity contribution in [3.8, 4) is 0 Å². The van der Waals surface area contributed by atoms with E-state index in [0.717, 1.165) is 23.2 Å². The molecule has 1 unspecified atom stereocenters. The zero-order chi connectivity index (χ0) is 15.5. The fourth-order valence-electron chi connectivity index (χ4n) is 2.96. The summed E-state index contributed by atoms with van der Waals surface area (Å²) in [5.74, 6) is 1.29. The minimum Gasteiger partial charge on any atom is -0.315 e. The van der Waals surface area contributed by atoms with Crippen molar-refractivity contribution in [2.45, 2.75) is 45.6 Å². The Bertz CT molecular complexity index is 625. The molecule has 3 heterocycles. The van der Waals surface area contributed by atoms with Crippen LogP contribution in [-0.2, 0) is 0 Å². The molecule has 0 radical (unpaired) electrons. The quantitative estimate of drug-likeness (QED) is 0.934. The number of hydrogen-bond donors (Lipinski definition) is 1. The molecule has 2 aromatic heterocycles. The fraction of sp³-hybridized carbons (Fsp3) is 0.562. The molecule has 5 nitrogen and oxygen atoms in total. The summed E-state index contributed by atoms with van der Waals surface area (Å²) in [5, 5.41) is 4.23. The maximum Gasteiger partial charge on any atom is 0.188 e. The molecule has 1 N–H and O–H groups in total. The van der Waals surface area contributed by atoms with Gasteiger partial charge < -0.3 is 10.2 Å². The Morgan fingerprint density at radius 1 is 1.27 bits per heavy atom. The number of nitrogens with one attached hydrogen (secondary N) is 1. The molecule has 0 saturated carbocycles. The molecular formula is C16H23N5S. The maximum atomic E-state index is 4.62. The first kappa shape index (κ1) is 15.4. The van der Waals surface area contributed by atoms with Gasteiger partial charge in [-0.3, -0.25) is 4.98 Å². The second-order valence-electron chi connectivity index (χ2n) is 6.12. The van der Waals surface area contributed by atoms with Crippen molar-refractivity contribution in [1.82, 2.24) is 19.9 Å². The minimum absolute atomic E-state index is 0.438. The zero-order valence-electron chi connectivity index (χ0n) is 13.4. The summed E-state index contributed by atoms with van der Waals surface area (Å²) < 4.78 is 0. The molecule has 1 aliphatic rings. The second-order valence-corrected chi connectivity index (χ2v) is 7.35. The zero-order valence-corrected chi connectivity index (χ0v) is 14.2. The van der Waals surface area contributed by atoms with Crippen molar-refractivity contribution in [1.29, 1.82) is 0 Å². The number of nitrogens with zero attached hydrogens (tertiary/aromatic N) is 4. The number of aryl methyl sites for hydroxylation is 1. The summed E-state index contributed by atoms with van der Waals surface area (Å²) in [4.78, 5) is 17.2. The van der Waals surface area contributed by atoms with Gasteiger partial charge in [-0.2, -0.15) is 0 Å². The fourth-order valence-corrected chi connectivity index (χ4v) is 3.62. The lowest BCUT2D eigenvalue weighted by Gasteiger charge is -2.35. The maximum absolute atomic E-state index is 4.62.